The van der Waals surface area contributed by atoms with E-state index in [9.17, 15) is 5.11 Å². The Kier molecular flexibility index (Phi) is 2.09. The molecule has 1 aromatic heterocycles. The molecule has 0 unspecified atom stereocenters. The molecule has 3 rings (SSSR count). The van der Waals surface area contributed by atoms with E-state index in [0.29, 0.717) is 13.1 Å². The Hall–Kier alpha value is -1.16. The Labute approximate surface area is 89.0 Å². The van der Waals surface area contributed by atoms with E-state index in [2.05, 4.69) is 20.9 Å². The minimum atomic E-state index is -0.174. The molecule has 1 saturated carbocycles. The van der Waals surface area contributed by atoms with Crippen molar-refractivity contribution in [1.82, 2.24) is 9.97 Å². The second-order valence-corrected chi connectivity index (χ2v) is 4.57. The molecule has 0 aromatic carbocycles. The third-order valence-corrected chi connectivity index (χ3v) is 3.09. The van der Waals surface area contributed by atoms with Crippen LogP contribution < -0.4 is 4.90 Å². The van der Waals surface area contributed by atoms with Crippen LogP contribution >= 0.6 is 0 Å². The van der Waals surface area contributed by atoms with Crippen molar-refractivity contribution < 1.29 is 5.11 Å². The molecular formula is C11H15N3O. The van der Waals surface area contributed by atoms with Crippen LogP contribution in [-0.2, 0) is 6.42 Å². The Balaban J connectivity index is 1.71. The van der Waals surface area contributed by atoms with Gasteiger partial charge in [0.2, 0.25) is 0 Å². The van der Waals surface area contributed by atoms with E-state index in [0.717, 1.165) is 23.9 Å². The van der Waals surface area contributed by atoms with Crippen molar-refractivity contribution in [2.24, 2.45) is 5.92 Å². The first kappa shape index (κ1) is 9.09. The molecule has 2 heterocycles. The highest BCUT2D eigenvalue weighted by molar-refractivity contribution is 5.42. The first-order valence-electron chi connectivity index (χ1n) is 5.55. The number of aromatic nitrogens is 2. The van der Waals surface area contributed by atoms with Crippen molar-refractivity contribution in [3.8, 4) is 0 Å². The SMILES string of the molecule is OC1CN(c2cc(CC3CC3)ncn2)C1. The van der Waals surface area contributed by atoms with Gasteiger partial charge in [-0.15, -0.1) is 0 Å². The maximum Gasteiger partial charge on any atom is 0.132 e. The maximum absolute atomic E-state index is 9.22. The fourth-order valence-corrected chi connectivity index (χ4v) is 1.93. The van der Waals surface area contributed by atoms with Crippen molar-refractivity contribution >= 4 is 5.82 Å². The Bertz CT molecular complexity index is 359. The van der Waals surface area contributed by atoms with Crippen LogP contribution in [0.1, 0.15) is 18.5 Å². The van der Waals surface area contributed by atoms with E-state index >= 15 is 0 Å². The van der Waals surface area contributed by atoms with Gasteiger partial charge in [-0.3, -0.25) is 0 Å². The summed E-state index contributed by atoms with van der Waals surface area (Å²) in [7, 11) is 0. The number of rotatable bonds is 3. The number of nitrogens with zero attached hydrogens (tertiary/aromatic N) is 3. The van der Waals surface area contributed by atoms with Crippen molar-refractivity contribution in [2.75, 3.05) is 18.0 Å². The molecule has 0 amide bonds. The summed E-state index contributed by atoms with van der Waals surface area (Å²) in [6, 6.07) is 2.06. The molecule has 0 atom stereocenters. The van der Waals surface area contributed by atoms with E-state index in [1.165, 1.54) is 12.8 Å². The predicted molar refractivity (Wildman–Crippen MR) is 56.7 cm³/mol. The number of anilines is 1. The molecule has 1 aliphatic carbocycles. The lowest BCUT2D eigenvalue weighted by Gasteiger charge is -2.36. The highest BCUT2D eigenvalue weighted by Crippen LogP contribution is 2.32. The molecule has 2 aliphatic rings. The Morgan fingerprint density at radius 1 is 1.33 bits per heavy atom. The third-order valence-electron chi connectivity index (χ3n) is 3.09. The number of aliphatic hydroxyl groups is 1. The molecule has 0 bridgehead atoms. The van der Waals surface area contributed by atoms with Crippen LogP contribution in [0.4, 0.5) is 5.82 Å². The van der Waals surface area contributed by atoms with Gasteiger partial charge in [-0.1, -0.05) is 0 Å². The zero-order valence-electron chi connectivity index (χ0n) is 8.63. The van der Waals surface area contributed by atoms with E-state index < -0.39 is 0 Å². The molecule has 1 N–H and O–H groups in total. The first-order chi connectivity index (χ1) is 7.31. The molecule has 15 heavy (non-hydrogen) atoms. The fraction of sp³-hybridized carbons (Fsp3) is 0.636. The monoisotopic (exact) mass is 205 g/mol. The lowest BCUT2D eigenvalue weighted by molar-refractivity contribution is 0.141. The minimum absolute atomic E-state index is 0.174. The van der Waals surface area contributed by atoms with E-state index in [4.69, 9.17) is 0 Å². The fourth-order valence-electron chi connectivity index (χ4n) is 1.93. The van der Waals surface area contributed by atoms with Crippen LogP contribution in [0.15, 0.2) is 12.4 Å². The Morgan fingerprint density at radius 2 is 2.13 bits per heavy atom. The van der Waals surface area contributed by atoms with Crippen LogP contribution in [0.2, 0.25) is 0 Å². The van der Waals surface area contributed by atoms with Crippen LogP contribution in [0, 0.1) is 5.92 Å². The van der Waals surface area contributed by atoms with Gasteiger partial charge in [0, 0.05) is 24.8 Å². The van der Waals surface area contributed by atoms with Gasteiger partial charge in [0.25, 0.3) is 0 Å². The standard InChI is InChI=1S/C11H15N3O/c15-10-5-14(6-10)11-4-9(12-7-13-11)3-8-1-2-8/h4,7-8,10,15H,1-3,5-6H2. The molecule has 1 saturated heterocycles. The number of aliphatic hydroxyl groups excluding tert-OH is 1. The van der Waals surface area contributed by atoms with Crippen LogP contribution in [-0.4, -0.2) is 34.3 Å². The lowest BCUT2D eigenvalue weighted by Crippen LogP contribution is -2.51. The summed E-state index contributed by atoms with van der Waals surface area (Å²) in [5, 5.41) is 9.22. The summed E-state index contributed by atoms with van der Waals surface area (Å²) in [6.07, 6.45) is 5.25. The topological polar surface area (TPSA) is 49.2 Å². The second-order valence-electron chi connectivity index (χ2n) is 4.57. The number of β-amino-alcohol motifs (C(OH)–C–C–N with tert-alkyl or cyclic N) is 1. The lowest BCUT2D eigenvalue weighted by atomic mass is 10.1. The molecule has 4 heteroatoms. The molecule has 4 nitrogen and oxygen atoms in total. The van der Waals surface area contributed by atoms with Crippen LogP contribution in [0.3, 0.4) is 0 Å². The largest absolute Gasteiger partial charge is 0.389 e. The average Bonchev–Trinajstić information content (AvgIpc) is 2.97. The van der Waals surface area contributed by atoms with Crippen molar-refractivity contribution in [3.05, 3.63) is 18.1 Å². The summed E-state index contributed by atoms with van der Waals surface area (Å²) >= 11 is 0. The summed E-state index contributed by atoms with van der Waals surface area (Å²) in [6.45, 7) is 1.42. The molecule has 2 fully saturated rings. The second kappa shape index (κ2) is 3.45. The van der Waals surface area contributed by atoms with Gasteiger partial charge in [-0.25, -0.2) is 9.97 Å². The molecule has 1 aliphatic heterocycles. The van der Waals surface area contributed by atoms with Crippen LogP contribution in [0.5, 0.6) is 0 Å². The van der Waals surface area contributed by atoms with Gasteiger partial charge in [0.05, 0.1) is 6.10 Å². The predicted octanol–water partition coefficient (Wildman–Crippen LogP) is 0.610. The molecule has 0 radical (unpaired) electrons. The van der Waals surface area contributed by atoms with Gasteiger partial charge in [0.1, 0.15) is 12.1 Å². The van der Waals surface area contributed by atoms with E-state index in [-0.39, 0.29) is 6.10 Å². The quantitative estimate of drug-likeness (QED) is 0.785. The Morgan fingerprint density at radius 3 is 2.80 bits per heavy atom. The van der Waals surface area contributed by atoms with Gasteiger partial charge in [-0.05, 0) is 25.2 Å². The third kappa shape index (κ3) is 1.95. The first-order valence-corrected chi connectivity index (χ1v) is 5.55. The smallest absolute Gasteiger partial charge is 0.132 e. The molecular weight excluding hydrogens is 190 g/mol. The highest BCUT2D eigenvalue weighted by atomic mass is 16.3. The maximum atomic E-state index is 9.22. The summed E-state index contributed by atoms with van der Waals surface area (Å²) in [5.41, 5.74) is 1.14. The van der Waals surface area contributed by atoms with Crippen molar-refractivity contribution in [2.45, 2.75) is 25.4 Å². The van der Waals surface area contributed by atoms with Gasteiger partial charge in [0.15, 0.2) is 0 Å². The molecule has 1 aromatic rings. The normalized spacial score (nSPS) is 21.5. The summed E-state index contributed by atoms with van der Waals surface area (Å²) in [5.74, 6) is 1.82. The minimum Gasteiger partial charge on any atom is -0.389 e. The van der Waals surface area contributed by atoms with Crippen molar-refractivity contribution in [1.29, 1.82) is 0 Å². The summed E-state index contributed by atoms with van der Waals surface area (Å²) < 4.78 is 0. The summed E-state index contributed by atoms with van der Waals surface area (Å²) in [4.78, 5) is 10.6. The molecule has 80 valence electrons. The van der Waals surface area contributed by atoms with Gasteiger partial charge in [-0.2, -0.15) is 0 Å². The van der Waals surface area contributed by atoms with Crippen molar-refractivity contribution in [3.63, 3.8) is 0 Å². The average molecular weight is 205 g/mol. The van der Waals surface area contributed by atoms with E-state index in [1.54, 1.807) is 6.33 Å². The number of hydrogen-bond acceptors (Lipinski definition) is 4. The van der Waals surface area contributed by atoms with Gasteiger partial charge < -0.3 is 10.0 Å². The van der Waals surface area contributed by atoms with E-state index in [1.807, 2.05) is 0 Å². The molecule has 0 spiro atoms. The highest BCUT2D eigenvalue weighted by Gasteiger charge is 2.26. The zero-order valence-corrected chi connectivity index (χ0v) is 8.63. The zero-order chi connectivity index (χ0) is 10.3. The van der Waals surface area contributed by atoms with Gasteiger partial charge >= 0.3 is 0 Å². The number of hydrogen-bond donors (Lipinski definition) is 1. The van der Waals surface area contributed by atoms with Crippen LogP contribution in [0.25, 0.3) is 0 Å².